The molecule has 0 amide bonds. The van der Waals surface area contributed by atoms with Crippen LogP contribution in [0.1, 0.15) is 16.7 Å². The number of benzene rings is 1. The Morgan fingerprint density at radius 3 is 1.60 bits per heavy atom. The molecule has 0 unspecified atom stereocenters. The summed E-state index contributed by atoms with van der Waals surface area (Å²) in [5.41, 5.74) is -0.0637. The van der Waals surface area contributed by atoms with E-state index < -0.39 is 30.7 Å². The molecular weight excluding hydrogens is 276 g/mol. The number of hydrogen-bond donors (Lipinski definition) is 0. The zero-order chi connectivity index (χ0) is 12.0. The third-order valence-electron chi connectivity index (χ3n) is 2.52. The first-order valence-corrected chi connectivity index (χ1v) is 7.62. The van der Waals surface area contributed by atoms with Crippen molar-refractivity contribution in [2.45, 2.75) is 20.8 Å². The van der Waals surface area contributed by atoms with Gasteiger partial charge in [0.2, 0.25) is 0 Å². The Morgan fingerprint density at radius 2 is 1.20 bits per heavy atom. The molecule has 1 rings (SSSR count). The van der Waals surface area contributed by atoms with Crippen molar-refractivity contribution in [1.82, 2.24) is 0 Å². The Morgan fingerprint density at radius 1 is 0.733 bits per heavy atom. The molecule has 0 aromatic heterocycles. The standard InChI is InChI=1S/C9H9F5Ge/c1-4-5(2)7(10)8(11)9(6(4)3)15(12,13)14/h1-3H3. The molecule has 84 valence electrons. The molecule has 15 heavy (non-hydrogen) atoms. The molecule has 0 aliphatic carbocycles. The van der Waals surface area contributed by atoms with Crippen LogP contribution >= 0.6 is 0 Å². The van der Waals surface area contributed by atoms with Gasteiger partial charge in [0.05, 0.1) is 0 Å². The second kappa shape index (κ2) is 3.77. The second-order valence-corrected chi connectivity index (χ2v) is 6.51. The van der Waals surface area contributed by atoms with Gasteiger partial charge in [-0.15, -0.1) is 0 Å². The summed E-state index contributed by atoms with van der Waals surface area (Å²) in [6.07, 6.45) is 0. The molecule has 0 nitrogen and oxygen atoms in total. The van der Waals surface area contributed by atoms with Crippen molar-refractivity contribution in [3.05, 3.63) is 28.3 Å². The Hall–Kier alpha value is -0.587. The minimum absolute atomic E-state index is 0.0552. The predicted molar refractivity (Wildman–Crippen MR) is 49.3 cm³/mol. The Bertz CT molecular complexity index is 379. The van der Waals surface area contributed by atoms with Crippen LogP contribution < -0.4 is 4.40 Å². The Kier molecular flexibility index (Phi) is 3.14. The quantitative estimate of drug-likeness (QED) is 0.549. The zero-order valence-electron chi connectivity index (χ0n) is 8.39. The molecule has 0 N–H and O–H groups in total. The van der Waals surface area contributed by atoms with Crippen molar-refractivity contribution in [2.24, 2.45) is 0 Å². The third-order valence-corrected chi connectivity index (χ3v) is 4.96. The molecule has 0 atom stereocenters. The molecule has 1 aromatic carbocycles. The summed E-state index contributed by atoms with van der Waals surface area (Å²) >= 11 is -6.83. The van der Waals surface area contributed by atoms with Crippen LogP contribution in [0.4, 0.5) is 19.3 Å². The van der Waals surface area contributed by atoms with Crippen molar-refractivity contribution in [3.8, 4) is 0 Å². The van der Waals surface area contributed by atoms with E-state index in [0.29, 0.717) is 0 Å². The van der Waals surface area contributed by atoms with Crippen molar-refractivity contribution in [1.29, 1.82) is 0 Å². The monoisotopic (exact) mass is 286 g/mol. The topological polar surface area (TPSA) is 0 Å². The van der Waals surface area contributed by atoms with Crippen LogP contribution in [0.3, 0.4) is 0 Å². The van der Waals surface area contributed by atoms with Crippen molar-refractivity contribution in [3.63, 3.8) is 0 Å². The molecule has 0 fully saturated rings. The van der Waals surface area contributed by atoms with E-state index in [1.807, 2.05) is 0 Å². The van der Waals surface area contributed by atoms with Crippen LogP contribution in [0.25, 0.3) is 0 Å². The Labute approximate surface area is 87.9 Å². The van der Waals surface area contributed by atoms with Gasteiger partial charge in [-0.2, -0.15) is 0 Å². The molecule has 0 heterocycles. The molecule has 0 aliphatic rings. The van der Waals surface area contributed by atoms with Gasteiger partial charge in [-0.3, -0.25) is 0 Å². The van der Waals surface area contributed by atoms with Crippen LogP contribution in [-0.4, -0.2) is 14.7 Å². The van der Waals surface area contributed by atoms with Crippen LogP contribution in [0.5, 0.6) is 0 Å². The molecule has 0 saturated carbocycles. The summed E-state index contributed by atoms with van der Waals surface area (Å²) in [5.74, 6) is -3.11. The number of rotatable bonds is 1. The maximum atomic E-state index is 13.2. The van der Waals surface area contributed by atoms with E-state index in [-0.39, 0.29) is 16.7 Å². The molecule has 0 saturated heterocycles. The van der Waals surface area contributed by atoms with Gasteiger partial charge in [0.25, 0.3) is 0 Å². The molecule has 0 radical (unpaired) electrons. The van der Waals surface area contributed by atoms with Crippen LogP contribution in [-0.2, 0) is 0 Å². The summed E-state index contributed by atoms with van der Waals surface area (Å²) in [4.78, 5) is 0. The summed E-state index contributed by atoms with van der Waals surface area (Å²) in [6, 6.07) is 0. The Balaban J connectivity index is 3.68. The number of halogens is 5. The van der Waals surface area contributed by atoms with Crippen LogP contribution in [0.2, 0.25) is 0 Å². The normalized spacial score (nSPS) is 12.0. The summed E-state index contributed by atoms with van der Waals surface area (Å²) < 4.78 is 62.7. The zero-order valence-corrected chi connectivity index (χ0v) is 10.5. The third kappa shape index (κ3) is 2.02. The van der Waals surface area contributed by atoms with Crippen molar-refractivity contribution < 1.29 is 19.3 Å². The fourth-order valence-corrected chi connectivity index (χ4v) is 3.45. The molecule has 6 heteroatoms. The van der Waals surface area contributed by atoms with Gasteiger partial charge in [0.15, 0.2) is 0 Å². The summed E-state index contributed by atoms with van der Waals surface area (Å²) in [7, 11) is 0. The van der Waals surface area contributed by atoms with Crippen molar-refractivity contribution >= 4 is 19.1 Å². The van der Waals surface area contributed by atoms with Crippen LogP contribution in [0.15, 0.2) is 0 Å². The fourth-order valence-electron chi connectivity index (χ4n) is 1.41. The average Bonchev–Trinajstić information content (AvgIpc) is 2.09. The first-order chi connectivity index (χ1) is 6.68. The second-order valence-electron chi connectivity index (χ2n) is 3.38. The van der Waals surface area contributed by atoms with E-state index >= 15 is 0 Å². The van der Waals surface area contributed by atoms with Crippen molar-refractivity contribution in [2.75, 3.05) is 0 Å². The van der Waals surface area contributed by atoms with Gasteiger partial charge >= 0.3 is 87.4 Å². The molecule has 0 aliphatic heterocycles. The van der Waals surface area contributed by atoms with Gasteiger partial charge in [0, 0.05) is 0 Å². The van der Waals surface area contributed by atoms with Gasteiger partial charge in [-0.05, 0) is 0 Å². The molecule has 0 bridgehead atoms. The minimum atomic E-state index is -6.83. The van der Waals surface area contributed by atoms with E-state index in [2.05, 4.69) is 0 Å². The van der Waals surface area contributed by atoms with E-state index in [9.17, 15) is 19.3 Å². The fraction of sp³-hybridized carbons (Fsp3) is 0.333. The first-order valence-electron chi connectivity index (χ1n) is 4.19. The van der Waals surface area contributed by atoms with E-state index in [0.717, 1.165) is 0 Å². The first kappa shape index (κ1) is 12.5. The van der Waals surface area contributed by atoms with Gasteiger partial charge < -0.3 is 0 Å². The summed E-state index contributed by atoms with van der Waals surface area (Å²) in [5, 5.41) is 0. The van der Waals surface area contributed by atoms with E-state index in [4.69, 9.17) is 0 Å². The van der Waals surface area contributed by atoms with Crippen LogP contribution in [0, 0.1) is 32.4 Å². The van der Waals surface area contributed by atoms with E-state index in [1.165, 1.54) is 20.8 Å². The molecule has 1 aromatic rings. The molecule has 0 spiro atoms. The maximum absolute atomic E-state index is 13.2. The number of hydrogen-bond acceptors (Lipinski definition) is 0. The van der Waals surface area contributed by atoms with E-state index in [1.54, 1.807) is 0 Å². The average molecular weight is 285 g/mol. The van der Waals surface area contributed by atoms with Gasteiger partial charge in [-0.25, -0.2) is 0 Å². The molecular formula is C9H9F5Ge. The van der Waals surface area contributed by atoms with Gasteiger partial charge in [-0.1, -0.05) is 0 Å². The predicted octanol–water partition coefficient (Wildman–Crippen LogP) is 2.94. The SMILES string of the molecule is Cc1c(C)c(F)c(F)[c]([Ge]([F])([F])[F])c1C. The summed E-state index contributed by atoms with van der Waals surface area (Å²) in [6.45, 7) is 3.82. The van der Waals surface area contributed by atoms with Gasteiger partial charge in [0.1, 0.15) is 0 Å².